The number of anilines is 2. The smallest absolute Gasteiger partial charge is 0.0392 e. The molecule has 0 radical (unpaired) electrons. The Morgan fingerprint density at radius 2 is 1.67 bits per heavy atom. The Labute approximate surface area is 128 Å². The summed E-state index contributed by atoms with van der Waals surface area (Å²) >= 11 is 0. The second-order valence-electron chi connectivity index (χ2n) is 8.22. The predicted octanol–water partition coefficient (Wildman–Crippen LogP) is 4.59. The van der Waals surface area contributed by atoms with Crippen molar-refractivity contribution in [1.82, 2.24) is 0 Å². The van der Waals surface area contributed by atoms with E-state index in [2.05, 4.69) is 31.3 Å². The summed E-state index contributed by atoms with van der Waals surface area (Å²) in [4.78, 5) is 0. The predicted molar refractivity (Wildman–Crippen MR) is 89.3 cm³/mol. The van der Waals surface area contributed by atoms with Crippen LogP contribution < -0.4 is 11.1 Å². The fourth-order valence-corrected chi connectivity index (χ4v) is 5.89. The van der Waals surface area contributed by atoms with E-state index in [1.165, 1.54) is 49.8 Å². The van der Waals surface area contributed by atoms with E-state index in [1.54, 1.807) is 0 Å². The standard InChI is InChI=1S/C19H28N2/c1-12-3-4-17(20)8-18(12)21-13(2)19-9-14-5-15(10-19)7-16(6-14)11-19/h3-4,8,13-16,21H,5-7,9-11,20H2,1-2H3. The zero-order valence-electron chi connectivity index (χ0n) is 13.4. The van der Waals surface area contributed by atoms with E-state index in [9.17, 15) is 0 Å². The molecule has 1 unspecified atom stereocenters. The van der Waals surface area contributed by atoms with Gasteiger partial charge in [0.1, 0.15) is 0 Å². The third kappa shape index (κ3) is 2.23. The summed E-state index contributed by atoms with van der Waals surface area (Å²) < 4.78 is 0. The molecule has 114 valence electrons. The largest absolute Gasteiger partial charge is 0.399 e. The second-order valence-corrected chi connectivity index (χ2v) is 8.22. The van der Waals surface area contributed by atoms with Gasteiger partial charge >= 0.3 is 0 Å². The Hall–Kier alpha value is -1.18. The third-order valence-corrected chi connectivity index (χ3v) is 6.64. The van der Waals surface area contributed by atoms with E-state index in [1.807, 2.05) is 6.07 Å². The molecule has 1 atom stereocenters. The number of nitrogens with two attached hydrogens (primary N) is 1. The van der Waals surface area contributed by atoms with Gasteiger partial charge in [-0.2, -0.15) is 0 Å². The highest BCUT2D eigenvalue weighted by Gasteiger charge is 2.53. The molecule has 4 aliphatic rings. The molecule has 3 N–H and O–H groups in total. The lowest BCUT2D eigenvalue weighted by Crippen LogP contribution is -2.52. The first-order valence-corrected chi connectivity index (χ1v) is 8.67. The van der Waals surface area contributed by atoms with Gasteiger partial charge in [-0.3, -0.25) is 0 Å². The van der Waals surface area contributed by atoms with Crippen LogP contribution in [0.3, 0.4) is 0 Å². The minimum absolute atomic E-state index is 0.547. The highest BCUT2D eigenvalue weighted by Crippen LogP contribution is 2.61. The number of benzene rings is 1. The summed E-state index contributed by atoms with van der Waals surface area (Å²) in [5.74, 6) is 3.05. The van der Waals surface area contributed by atoms with Gasteiger partial charge in [-0.1, -0.05) is 6.07 Å². The first-order chi connectivity index (χ1) is 10.0. The molecule has 5 rings (SSSR count). The zero-order chi connectivity index (χ0) is 14.6. The first-order valence-electron chi connectivity index (χ1n) is 8.67. The summed E-state index contributed by atoms with van der Waals surface area (Å²) in [7, 11) is 0. The van der Waals surface area contributed by atoms with Crippen LogP contribution >= 0.6 is 0 Å². The molecule has 0 aliphatic heterocycles. The molecule has 0 spiro atoms. The van der Waals surface area contributed by atoms with Crippen LogP contribution in [0.15, 0.2) is 18.2 Å². The van der Waals surface area contributed by atoms with Gasteiger partial charge in [-0.05, 0) is 93.2 Å². The molecule has 0 amide bonds. The molecule has 1 aromatic carbocycles. The molecular weight excluding hydrogens is 256 g/mol. The van der Waals surface area contributed by atoms with Crippen molar-refractivity contribution in [1.29, 1.82) is 0 Å². The maximum absolute atomic E-state index is 5.97. The van der Waals surface area contributed by atoms with E-state index in [0.29, 0.717) is 11.5 Å². The first kappa shape index (κ1) is 13.5. The summed E-state index contributed by atoms with van der Waals surface area (Å²) in [6.45, 7) is 4.59. The topological polar surface area (TPSA) is 38.0 Å². The van der Waals surface area contributed by atoms with Gasteiger partial charge in [-0.25, -0.2) is 0 Å². The summed E-state index contributed by atoms with van der Waals surface area (Å²) in [6, 6.07) is 6.79. The molecule has 0 aromatic heterocycles. The fraction of sp³-hybridized carbons (Fsp3) is 0.684. The van der Waals surface area contributed by atoms with Crippen molar-refractivity contribution in [3.8, 4) is 0 Å². The van der Waals surface area contributed by atoms with E-state index in [-0.39, 0.29) is 0 Å². The maximum Gasteiger partial charge on any atom is 0.0392 e. The lowest BCUT2D eigenvalue weighted by Gasteiger charge is -2.59. The molecule has 21 heavy (non-hydrogen) atoms. The minimum Gasteiger partial charge on any atom is -0.399 e. The molecule has 0 heterocycles. The van der Waals surface area contributed by atoms with Gasteiger partial charge in [0.2, 0.25) is 0 Å². The second kappa shape index (κ2) is 4.66. The number of hydrogen-bond donors (Lipinski definition) is 2. The monoisotopic (exact) mass is 284 g/mol. The van der Waals surface area contributed by atoms with Crippen LogP contribution in [-0.4, -0.2) is 6.04 Å². The van der Waals surface area contributed by atoms with Crippen LogP contribution in [0.1, 0.15) is 51.0 Å². The minimum atomic E-state index is 0.547. The average Bonchev–Trinajstić information content (AvgIpc) is 2.41. The molecule has 0 saturated heterocycles. The van der Waals surface area contributed by atoms with Crippen LogP contribution in [0.2, 0.25) is 0 Å². The van der Waals surface area contributed by atoms with E-state index >= 15 is 0 Å². The Morgan fingerprint density at radius 1 is 1.10 bits per heavy atom. The number of aryl methyl sites for hydroxylation is 1. The van der Waals surface area contributed by atoms with Crippen molar-refractivity contribution in [3.63, 3.8) is 0 Å². The van der Waals surface area contributed by atoms with Crippen LogP contribution in [0.4, 0.5) is 11.4 Å². The number of rotatable bonds is 3. The lowest BCUT2D eigenvalue weighted by molar-refractivity contribution is -0.0602. The maximum atomic E-state index is 5.97. The molecule has 4 aliphatic carbocycles. The highest BCUT2D eigenvalue weighted by molar-refractivity contribution is 5.59. The van der Waals surface area contributed by atoms with Crippen LogP contribution in [0, 0.1) is 30.1 Å². The van der Waals surface area contributed by atoms with Crippen LogP contribution in [-0.2, 0) is 0 Å². The van der Waals surface area contributed by atoms with Gasteiger partial charge < -0.3 is 11.1 Å². The van der Waals surface area contributed by atoms with Gasteiger partial charge in [-0.15, -0.1) is 0 Å². The average molecular weight is 284 g/mol. The molecule has 4 saturated carbocycles. The Bertz CT molecular complexity index is 513. The van der Waals surface area contributed by atoms with E-state index < -0.39 is 0 Å². The van der Waals surface area contributed by atoms with Gasteiger partial charge in [0, 0.05) is 17.4 Å². The lowest BCUT2D eigenvalue weighted by atomic mass is 9.48. The molecule has 2 heteroatoms. The molecular formula is C19H28N2. The van der Waals surface area contributed by atoms with Crippen molar-refractivity contribution < 1.29 is 0 Å². The van der Waals surface area contributed by atoms with Gasteiger partial charge in [0.15, 0.2) is 0 Å². The van der Waals surface area contributed by atoms with Crippen LogP contribution in [0.5, 0.6) is 0 Å². The molecule has 4 bridgehead atoms. The molecule has 1 aromatic rings. The van der Waals surface area contributed by atoms with Crippen LogP contribution in [0.25, 0.3) is 0 Å². The zero-order valence-corrected chi connectivity index (χ0v) is 13.4. The number of hydrogen-bond acceptors (Lipinski definition) is 2. The fourth-order valence-electron chi connectivity index (χ4n) is 5.89. The summed E-state index contributed by atoms with van der Waals surface area (Å²) in [5, 5.41) is 3.83. The van der Waals surface area contributed by atoms with E-state index in [4.69, 9.17) is 5.73 Å². The third-order valence-electron chi connectivity index (χ3n) is 6.64. The van der Waals surface area contributed by atoms with Crippen molar-refractivity contribution in [2.24, 2.45) is 23.2 Å². The number of nitrogen functional groups attached to an aromatic ring is 1. The van der Waals surface area contributed by atoms with Crippen molar-refractivity contribution in [2.45, 2.75) is 58.4 Å². The Kier molecular flexibility index (Phi) is 2.99. The van der Waals surface area contributed by atoms with Crippen molar-refractivity contribution in [2.75, 3.05) is 11.1 Å². The normalized spacial score (nSPS) is 38.5. The summed E-state index contributed by atoms with van der Waals surface area (Å²) in [6.07, 6.45) is 8.91. The Balaban J connectivity index is 1.57. The SMILES string of the molecule is Cc1ccc(N)cc1NC(C)C12CC3CC(CC(C3)C1)C2. The number of nitrogens with one attached hydrogen (secondary N) is 1. The summed E-state index contributed by atoms with van der Waals surface area (Å²) in [5.41, 5.74) is 9.92. The van der Waals surface area contributed by atoms with E-state index in [0.717, 1.165) is 23.4 Å². The van der Waals surface area contributed by atoms with Crippen molar-refractivity contribution in [3.05, 3.63) is 23.8 Å². The van der Waals surface area contributed by atoms with Crippen molar-refractivity contribution >= 4 is 11.4 Å². The quantitative estimate of drug-likeness (QED) is 0.796. The highest BCUT2D eigenvalue weighted by atomic mass is 14.9. The molecule has 2 nitrogen and oxygen atoms in total. The molecule has 4 fully saturated rings. The van der Waals surface area contributed by atoms with Gasteiger partial charge in [0.05, 0.1) is 0 Å². The van der Waals surface area contributed by atoms with Gasteiger partial charge in [0.25, 0.3) is 0 Å². The Morgan fingerprint density at radius 3 is 2.24 bits per heavy atom.